The fourth-order valence-corrected chi connectivity index (χ4v) is 2.25. The molecule has 0 bridgehead atoms. The lowest BCUT2D eigenvalue weighted by molar-refractivity contribution is 0.0977. The normalized spacial score (nSPS) is 10.4. The summed E-state index contributed by atoms with van der Waals surface area (Å²) in [6.07, 6.45) is 1.97. The molecule has 0 atom stereocenters. The number of hydrogen-bond donors (Lipinski definition) is 0. The molecule has 0 radical (unpaired) electrons. The van der Waals surface area contributed by atoms with Crippen LogP contribution in [0.15, 0.2) is 12.1 Å². The van der Waals surface area contributed by atoms with Gasteiger partial charge in [0, 0.05) is 17.3 Å². The second kappa shape index (κ2) is 7.10. The highest BCUT2D eigenvalue weighted by Crippen LogP contribution is 2.33. The van der Waals surface area contributed by atoms with Crippen LogP contribution in [0.3, 0.4) is 0 Å². The summed E-state index contributed by atoms with van der Waals surface area (Å²) in [7, 11) is 1.48. The monoisotopic (exact) mass is 294 g/mol. The van der Waals surface area contributed by atoms with E-state index in [1.54, 1.807) is 12.1 Å². The van der Waals surface area contributed by atoms with Crippen LogP contribution in [0.2, 0.25) is 10.0 Å². The molecule has 94 valence electrons. The van der Waals surface area contributed by atoms with Crippen LogP contribution in [-0.4, -0.2) is 18.8 Å². The van der Waals surface area contributed by atoms with E-state index in [-0.39, 0.29) is 5.78 Å². The van der Waals surface area contributed by atoms with Crippen molar-refractivity contribution in [3.63, 3.8) is 0 Å². The predicted octanol–water partition coefficient (Wildman–Crippen LogP) is 4.59. The molecule has 0 unspecified atom stereocenters. The number of ketones is 1. The van der Waals surface area contributed by atoms with Gasteiger partial charge >= 0.3 is 0 Å². The first-order chi connectivity index (χ1) is 8.10. The standard InChI is InChI=1S/C12H13Cl3O2/c1-17-12-9(6-8(14)7-10(12)15)11(16)4-2-3-5-13/h6-7H,2-5H2,1H3. The molecule has 0 aliphatic heterocycles. The Morgan fingerprint density at radius 3 is 2.59 bits per heavy atom. The smallest absolute Gasteiger partial charge is 0.166 e. The first kappa shape index (κ1) is 14.6. The van der Waals surface area contributed by atoms with Gasteiger partial charge in [0.15, 0.2) is 5.78 Å². The van der Waals surface area contributed by atoms with Gasteiger partial charge in [0.25, 0.3) is 0 Å². The van der Waals surface area contributed by atoms with Crippen LogP contribution in [0.4, 0.5) is 0 Å². The summed E-state index contributed by atoms with van der Waals surface area (Å²) >= 11 is 17.4. The number of Topliss-reactive ketones (excluding diaryl/α,β-unsaturated/α-hetero) is 1. The van der Waals surface area contributed by atoms with Crippen molar-refractivity contribution in [3.8, 4) is 5.75 Å². The van der Waals surface area contributed by atoms with Crippen molar-refractivity contribution in [2.45, 2.75) is 19.3 Å². The molecule has 1 aromatic rings. The first-order valence-corrected chi connectivity index (χ1v) is 6.51. The Kier molecular flexibility index (Phi) is 6.10. The zero-order chi connectivity index (χ0) is 12.8. The van der Waals surface area contributed by atoms with Gasteiger partial charge in [-0.3, -0.25) is 4.79 Å². The first-order valence-electron chi connectivity index (χ1n) is 5.22. The second-order valence-corrected chi connectivity index (χ2v) is 4.76. The summed E-state index contributed by atoms with van der Waals surface area (Å²) < 4.78 is 5.12. The van der Waals surface area contributed by atoms with Crippen molar-refractivity contribution < 1.29 is 9.53 Å². The van der Waals surface area contributed by atoms with Crippen molar-refractivity contribution in [3.05, 3.63) is 27.7 Å². The third-order valence-corrected chi connectivity index (χ3v) is 3.07. The topological polar surface area (TPSA) is 26.3 Å². The Hall–Kier alpha value is -0.440. The number of halogens is 3. The van der Waals surface area contributed by atoms with Crippen LogP contribution in [0, 0.1) is 0 Å². The molecule has 0 aliphatic carbocycles. The van der Waals surface area contributed by atoms with Gasteiger partial charge in [-0.1, -0.05) is 23.2 Å². The minimum Gasteiger partial charge on any atom is -0.494 e. The average molecular weight is 296 g/mol. The van der Waals surface area contributed by atoms with E-state index < -0.39 is 0 Å². The van der Waals surface area contributed by atoms with E-state index >= 15 is 0 Å². The van der Waals surface area contributed by atoms with Gasteiger partial charge in [-0.2, -0.15) is 0 Å². The van der Waals surface area contributed by atoms with Crippen molar-refractivity contribution >= 4 is 40.6 Å². The van der Waals surface area contributed by atoms with E-state index in [9.17, 15) is 4.79 Å². The third kappa shape index (κ3) is 4.06. The van der Waals surface area contributed by atoms with Gasteiger partial charge in [0.2, 0.25) is 0 Å². The van der Waals surface area contributed by atoms with E-state index in [1.165, 1.54) is 7.11 Å². The number of unbranched alkanes of at least 4 members (excludes halogenated alkanes) is 1. The van der Waals surface area contributed by atoms with E-state index in [0.717, 1.165) is 12.8 Å². The Morgan fingerprint density at radius 1 is 1.29 bits per heavy atom. The minimum absolute atomic E-state index is 0.0311. The van der Waals surface area contributed by atoms with E-state index in [4.69, 9.17) is 39.5 Å². The highest BCUT2D eigenvalue weighted by atomic mass is 35.5. The van der Waals surface area contributed by atoms with Crippen LogP contribution in [0.25, 0.3) is 0 Å². The van der Waals surface area contributed by atoms with Crippen LogP contribution in [0.5, 0.6) is 5.75 Å². The molecule has 0 N–H and O–H groups in total. The molecule has 1 aromatic carbocycles. The molecule has 0 aliphatic rings. The van der Waals surface area contributed by atoms with Crippen LogP contribution >= 0.6 is 34.8 Å². The molecule has 0 amide bonds. The summed E-state index contributed by atoms with van der Waals surface area (Å²) in [4.78, 5) is 12.0. The number of rotatable bonds is 6. The molecule has 0 saturated heterocycles. The Labute approximate surface area is 116 Å². The van der Waals surface area contributed by atoms with Gasteiger partial charge in [-0.15, -0.1) is 11.6 Å². The molecule has 0 heterocycles. The SMILES string of the molecule is COc1c(Cl)cc(Cl)cc1C(=O)CCCCCl. The maximum atomic E-state index is 12.0. The molecular formula is C12H13Cl3O2. The maximum absolute atomic E-state index is 12.0. The van der Waals surface area contributed by atoms with E-state index in [0.29, 0.717) is 33.7 Å². The molecule has 0 fully saturated rings. The van der Waals surface area contributed by atoms with Gasteiger partial charge in [-0.05, 0) is 25.0 Å². The Morgan fingerprint density at radius 2 is 2.00 bits per heavy atom. The largest absolute Gasteiger partial charge is 0.494 e. The van der Waals surface area contributed by atoms with E-state index in [1.807, 2.05) is 0 Å². The Balaban J connectivity index is 2.91. The van der Waals surface area contributed by atoms with Crippen LogP contribution < -0.4 is 4.74 Å². The van der Waals surface area contributed by atoms with Crippen LogP contribution in [0.1, 0.15) is 29.6 Å². The van der Waals surface area contributed by atoms with Gasteiger partial charge < -0.3 is 4.74 Å². The number of alkyl halides is 1. The lowest BCUT2D eigenvalue weighted by Crippen LogP contribution is -2.03. The summed E-state index contributed by atoms with van der Waals surface area (Å²) in [5, 5.41) is 0.775. The minimum atomic E-state index is -0.0311. The molecule has 5 heteroatoms. The molecule has 0 saturated carbocycles. The third-order valence-electron chi connectivity index (χ3n) is 2.30. The fraction of sp³-hybridized carbons (Fsp3) is 0.417. The van der Waals surface area contributed by atoms with Crippen molar-refractivity contribution in [1.29, 1.82) is 0 Å². The van der Waals surface area contributed by atoms with Gasteiger partial charge in [-0.25, -0.2) is 0 Å². The summed E-state index contributed by atoms with van der Waals surface area (Å²) in [6, 6.07) is 3.13. The maximum Gasteiger partial charge on any atom is 0.166 e. The van der Waals surface area contributed by atoms with Gasteiger partial charge in [0.1, 0.15) is 5.75 Å². The van der Waals surface area contributed by atoms with Crippen molar-refractivity contribution in [2.24, 2.45) is 0 Å². The number of hydrogen-bond acceptors (Lipinski definition) is 2. The molecule has 1 rings (SSSR count). The van der Waals surface area contributed by atoms with Crippen LogP contribution in [-0.2, 0) is 0 Å². The highest BCUT2D eigenvalue weighted by Gasteiger charge is 2.16. The average Bonchev–Trinajstić information content (AvgIpc) is 2.28. The summed E-state index contributed by atoms with van der Waals surface area (Å²) in [5.41, 5.74) is 0.430. The Bertz CT molecular complexity index is 405. The molecular weight excluding hydrogens is 282 g/mol. The number of carbonyl (C=O) groups is 1. The fourth-order valence-electron chi connectivity index (χ4n) is 1.49. The molecule has 17 heavy (non-hydrogen) atoms. The lowest BCUT2D eigenvalue weighted by atomic mass is 10.0. The lowest BCUT2D eigenvalue weighted by Gasteiger charge is -2.10. The van der Waals surface area contributed by atoms with Crippen molar-refractivity contribution in [1.82, 2.24) is 0 Å². The predicted molar refractivity (Wildman–Crippen MR) is 71.9 cm³/mol. The number of ether oxygens (including phenoxy) is 1. The summed E-state index contributed by atoms with van der Waals surface area (Å²) in [5.74, 6) is 0.907. The number of carbonyl (C=O) groups excluding carboxylic acids is 1. The second-order valence-electron chi connectivity index (χ2n) is 3.54. The highest BCUT2D eigenvalue weighted by molar-refractivity contribution is 6.36. The van der Waals surface area contributed by atoms with Crippen molar-refractivity contribution in [2.75, 3.05) is 13.0 Å². The molecule has 0 spiro atoms. The summed E-state index contributed by atoms with van der Waals surface area (Å²) in [6.45, 7) is 0. The number of methoxy groups -OCH3 is 1. The molecule has 0 aromatic heterocycles. The quantitative estimate of drug-likeness (QED) is 0.436. The number of benzene rings is 1. The van der Waals surface area contributed by atoms with Gasteiger partial charge in [0.05, 0.1) is 17.7 Å². The zero-order valence-electron chi connectivity index (χ0n) is 9.43. The zero-order valence-corrected chi connectivity index (χ0v) is 11.7. The molecule has 2 nitrogen and oxygen atoms in total. The van der Waals surface area contributed by atoms with E-state index in [2.05, 4.69) is 0 Å².